The molecule has 0 spiro atoms. The minimum Gasteiger partial charge on any atom is -0.455 e. The highest BCUT2D eigenvalue weighted by atomic mass is 32.2. The number of anilines is 1. The van der Waals surface area contributed by atoms with Gasteiger partial charge in [0.25, 0.3) is 0 Å². The molecule has 2 aromatic carbocycles. The molecule has 19 heavy (non-hydrogen) atoms. The van der Waals surface area contributed by atoms with Crippen molar-refractivity contribution < 1.29 is 13.2 Å². The highest BCUT2D eigenvalue weighted by Crippen LogP contribution is 2.30. The van der Waals surface area contributed by atoms with Gasteiger partial charge in [0.2, 0.25) is 10.0 Å². The molecule has 0 aromatic heterocycles. The molecule has 0 unspecified atom stereocenters. The van der Waals surface area contributed by atoms with E-state index in [0.717, 1.165) is 11.8 Å². The summed E-state index contributed by atoms with van der Waals surface area (Å²) in [6.45, 7) is 1.97. The Kier molecular flexibility index (Phi) is 3.76. The fraction of sp³-hybridized carbons (Fsp3) is 0.143. The predicted molar refractivity (Wildman–Crippen MR) is 76.2 cm³/mol. The Morgan fingerprint density at radius 2 is 1.79 bits per heavy atom. The van der Waals surface area contributed by atoms with Crippen LogP contribution in [0.25, 0.3) is 0 Å². The van der Waals surface area contributed by atoms with Crippen LogP contribution in [0.1, 0.15) is 5.56 Å². The van der Waals surface area contributed by atoms with Gasteiger partial charge in [-0.3, -0.25) is 4.72 Å². The first kappa shape index (κ1) is 13.4. The molecule has 0 aliphatic rings. The molecule has 0 aliphatic carbocycles. The fourth-order valence-electron chi connectivity index (χ4n) is 1.65. The molecule has 0 saturated carbocycles. The van der Waals surface area contributed by atoms with Crippen LogP contribution in [0.15, 0.2) is 48.5 Å². The van der Waals surface area contributed by atoms with Crippen LogP contribution in [0.4, 0.5) is 5.69 Å². The Morgan fingerprint density at radius 3 is 2.47 bits per heavy atom. The van der Waals surface area contributed by atoms with Crippen molar-refractivity contribution in [3.05, 3.63) is 54.1 Å². The third-order valence-electron chi connectivity index (χ3n) is 2.40. The molecule has 0 amide bonds. The zero-order valence-corrected chi connectivity index (χ0v) is 11.6. The summed E-state index contributed by atoms with van der Waals surface area (Å²) in [6.07, 6.45) is 1.11. The van der Waals surface area contributed by atoms with Gasteiger partial charge in [-0.1, -0.05) is 24.3 Å². The van der Waals surface area contributed by atoms with Gasteiger partial charge in [0, 0.05) is 0 Å². The summed E-state index contributed by atoms with van der Waals surface area (Å²) in [6, 6.07) is 14.5. The van der Waals surface area contributed by atoms with E-state index < -0.39 is 10.0 Å². The average molecular weight is 277 g/mol. The lowest BCUT2D eigenvalue weighted by Gasteiger charge is -2.12. The second-order valence-electron chi connectivity index (χ2n) is 4.29. The van der Waals surface area contributed by atoms with E-state index in [-0.39, 0.29) is 0 Å². The van der Waals surface area contributed by atoms with Gasteiger partial charge in [-0.25, -0.2) is 8.42 Å². The standard InChI is InChI=1S/C14H15NO3S/c1-11-6-5-7-12(10-11)18-14-9-4-3-8-13(14)15-19(2,16)17/h3-10,15H,1-2H3. The molecule has 0 fully saturated rings. The predicted octanol–water partition coefficient (Wildman–Crippen LogP) is 3.16. The molecular formula is C14H15NO3S. The summed E-state index contributed by atoms with van der Waals surface area (Å²) in [5.41, 5.74) is 1.50. The lowest BCUT2D eigenvalue weighted by atomic mass is 10.2. The molecule has 0 bridgehead atoms. The zero-order chi connectivity index (χ0) is 13.9. The molecule has 4 nitrogen and oxygen atoms in total. The number of hydrogen-bond donors (Lipinski definition) is 1. The second-order valence-corrected chi connectivity index (χ2v) is 6.04. The van der Waals surface area contributed by atoms with E-state index in [9.17, 15) is 8.42 Å². The third kappa shape index (κ3) is 3.99. The Labute approximate surface area is 113 Å². The number of ether oxygens (including phenoxy) is 1. The summed E-state index contributed by atoms with van der Waals surface area (Å²) in [4.78, 5) is 0. The van der Waals surface area contributed by atoms with E-state index >= 15 is 0 Å². The van der Waals surface area contributed by atoms with E-state index in [1.807, 2.05) is 31.2 Å². The van der Waals surface area contributed by atoms with Crippen LogP contribution in [0.2, 0.25) is 0 Å². The van der Waals surface area contributed by atoms with Crippen LogP contribution in [0, 0.1) is 6.92 Å². The van der Waals surface area contributed by atoms with Crippen molar-refractivity contribution in [2.24, 2.45) is 0 Å². The average Bonchev–Trinajstić information content (AvgIpc) is 2.30. The number of rotatable bonds is 4. The number of nitrogens with one attached hydrogen (secondary N) is 1. The van der Waals surface area contributed by atoms with Crippen LogP contribution in [-0.2, 0) is 10.0 Å². The molecule has 0 heterocycles. The van der Waals surface area contributed by atoms with Gasteiger partial charge in [0.1, 0.15) is 5.75 Å². The van der Waals surface area contributed by atoms with Crippen LogP contribution >= 0.6 is 0 Å². The van der Waals surface area contributed by atoms with Crippen molar-refractivity contribution in [2.75, 3.05) is 11.0 Å². The number of aryl methyl sites for hydroxylation is 1. The largest absolute Gasteiger partial charge is 0.455 e. The minimum atomic E-state index is -3.33. The quantitative estimate of drug-likeness (QED) is 0.934. The van der Waals surface area contributed by atoms with E-state index in [4.69, 9.17) is 4.74 Å². The van der Waals surface area contributed by atoms with Gasteiger partial charge >= 0.3 is 0 Å². The Balaban J connectivity index is 2.30. The molecular weight excluding hydrogens is 262 g/mol. The summed E-state index contributed by atoms with van der Waals surface area (Å²) in [5, 5.41) is 0. The molecule has 0 aliphatic heterocycles. The number of benzene rings is 2. The van der Waals surface area contributed by atoms with Crippen LogP contribution in [-0.4, -0.2) is 14.7 Å². The number of para-hydroxylation sites is 2. The number of sulfonamides is 1. The van der Waals surface area contributed by atoms with Crippen molar-refractivity contribution in [1.29, 1.82) is 0 Å². The van der Waals surface area contributed by atoms with Crippen LogP contribution in [0.5, 0.6) is 11.5 Å². The van der Waals surface area contributed by atoms with Crippen molar-refractivity contribution in [3.8, 4) is 11.5 Å². The van der Waals surface area contributed by atoms with Gasteiger partial charge in [-0.2, -0.15) is 0 Å². The SMILES string of the molecule is Cc1cccc(Oc2ccccc2NS(C)(=O)=O)c1. The highest BCUT2D eigenvalue weighted by molar-refractivity contribution is 7.92. The Morgan fingerprint density at radius 1 is 1.05 bits per heavy atom. The van der Waals surface area contributed by atoms with Crippen LogP contribution in [0.3, 0.4) is 0 Å². The molecule has 0 saturated heterocycles. The molecule has 0 atom stereocenters. The first-order chi connectivity index (χ1) is 8.94. The number of hydrogen-bond acceptors (Lipinski definition) is 3. The summed E-state index contributed by atoms with van der Waals surface area (Å²) < 4.78 is 30.7. The maximum Gasteiger partial charge on any atom is 0.229 e. The first-order valence-corrected chi connectivity index (χ1v) is 7.64. The van der Waals surface area contributed by atoms with Gasteiger partial charge in [0.15, 0.2) is 5.75 Å². The topological polar surface area (TPSA) is 55.4 Å². The zero-order valence-electron chi connectivity index (χ0n) is 10.8. The maximum absolute atomic E-state index is 11.3. The van der Waals surface area contributed by atoms with E-state index in [2.05, 4.69) is 4.72 Å². The normalized spacial score (nSPS) is 11.1. The van der Waals surface area contributed by atoms with Gasteiger partial charge in [-0.05, 0) is 36.8 Å². The Hall–Kier alpha value is -2.01. The lowest BCUT2D eigenvalue weighted by Crippen LogP contribution is -2.10. The molecule has 2 rings (SSSR count). The van der Waals surface area contributed by atoms with E-state index in [0.29, 0.717) is 17.2 Å². The second kappa shape index (κ2) is 5.32. The fourth-order valence-corrected chi connectivity index (χ4v) is 2.21. The smallest absolute Gasteiger partial charge is 0.229 e. The van der Waals surface area contributed by atoms with E-state index in [1.54, 1.807) is 24.3 Å². The lowest BCUT2D eigenvalue weighted by molar-refractivity contribution is 0.484. The molecule has 5 heteroatoms. The maximum atomic E-state index is 11.3. The van der Waals surface area contributed by atoms with E-state index in [1.165, 1.54) is 0 Å². The summed E-state index contributed by atoms with van der Waals surface area (Å²) >= 11 is 0. The highest BCUT2D eigenvalue weighted by Gasteiger charge is 2.08. The Bertz CT molecular complexity index is 681. The van der Waals surface area contributed by atoms with Crippen molar-refractivity contribution >= 4 is 15.7 Å². The van der Waals surface area contributed by atoms with Crippen LogP contribution < -0.4 is 9.46 Å². The molecule has 1 N–H and O–H groups in total. The van der Waals surface area contributed by atoms with Gasteiger partial charge in [-0.15, -0.1) is 0 Å². The summed E-state index contributed by atoms with van der Waals surface area (Å²) in [5.74, 6) is 1.14. The minimum absolute atomic E-state index is 0.423. The van der Waals surface area contributed by atoms with Gasteiger partial charge < -0.3 is 4.74 Å². The monoisotopic (exact) mass is 277 g/mol. The van der Waals surface area contributed by atoms with Gasteiger partial charge in [0.05, 0.1) is 11.9 Å². The van der Waals surface area contributed by atoms with Crippen molar-refractivity contribution in [1.82, 2.24) is 0 Å². The molecule has 2 aromatic rings. The van der Waals surface area contributed by atoms with Crippen molar-refractivity contribution in [3.63, 3.8) is 0 Å². The molecule has 0 radical (unpaired) electrons. The first-order valence-electron chi connectivity index (χ1n) is 5.75. The third-order valence-corrected chi connectivity index (χ3v) is 2.99. The molecule has 100 valence electrons. The summed E-state index contributed by atoms with van der Waals surface area (Å²) in [7, 11) is -3.33. The van der Waals surface area contributed by atoms with Crippen molar-refractivity contribution in [2.45, 2.75) is 6.92 Å².